The molecule has 0 N–H and O–H groups in total. The number of carbonyl (C=O) groups excluding carboxylic acids is 1. The Kier molecular flexibility index (Phi) is 6.68. The second-order valence-corrected chi connectivity index (χ2v) is 8.62. The van der Waals surface area contributed by atoms with Gasteiger partial charge in [0.25, 0.3) is 0 Å². The minimum Gasteiger partial charge on any atom is -0.337 e. The van der Waals surface area contributed by atoms with Crippen LogP contribution in [-0.2, 0) is 17.9 Å². The fourth-order valence-corrected chi connectivity index (χ4v) is 4.13. The summed E-state index contributed by atoms with van der Waals surface area (Å²) in [5.41, 5.74) is 3.21. The molecule has 0 radical (unpaired) electrons. The van der Waals surface area contributed by atoms with Gasteiger partial charge in [0.2, 0.25) is 17.6 Å². The molecule has 162 valence electrons. The molecular formula is C24H27ClN4O2. The van der Waals surface area contributed by atoms with Gasteiger partial charge in [0, 0.05) is 30.1 Å². The minimum absolute atomic E-state index is 0.0204. The number of aromatic nitrogens is 2. The van der Waals surface area contributed by atoms with E-state index in [1.807, 2.05) is 49.4 Å². The molecule has 6 nitrogen and oxygen atoms in total. The monoisotopic (exact) mass is 438 g/mol. The number of hydrogen-bond donors (Lipinski definition) is 0. The third kappa shape index (κ3) is 5.32. The van der Waals surface area contributed by atoms with Crippen molar-refractivity contribution in [3.63, 3.8) is 0 Å². The normalized spacial score (nSPS) is 15.2. The van der Waals surface area contributed by atoms with Crippen molar-refractivity contribution in [1.82, 2.24) is 19.9 Å². The molecule has 3 aromatic rings. The maximum atomic E-state index is 12.9. The SMILES string of the molecule is Cc1ccc(-c2noc(CN(C)C(=O)C3CCN(Cc4ccccc4Cl)CC3)n2)cc1. The molecule has 1 fully saturated rings. The number of benzene rings is 2. The number of aryl methyl sites for hydroxylation is 1. The van der Waals surface area contributed by atoms with Gasteiger partial charge < -0.3 is 9.42 Å². The molecule has 31 heavy (non-hydrogen) atoms. The molecule has 7 heteroatoms. The zero-order valence-corrected chi connectivity index (χ0v) is 18.7. The zero-order valence-electron chi connectivity index (χ0n) is 17.9. The third-order valence-electron chi connectivity index (χ3n) is 5.82. The summed E-state index contributed by atoms with van der Waals surface area (Å²) in [7, 11) is 1.80. The Labute approximate surface area is 187 Å². The highest BCUT2D eigenvalue weighted by Gasteiger charge is 2.28. The van der Waals surface area contributed by atoms with Crippen LogP contribution in [0.4, 0.5) is 0 Å². The molecule has 0 saturated carbocycles. The van der Waals surface area contributed by atoms with Crippen LogP contribution < -0.4 is 0 Å². The summed E-state index contributed by atoms with van der Waals surface area (Å²) in [6.45, 7) is 4.94. The van der Waals surface area contributed by atoms with E-state index in [1.165, 1.54) is 5.56 Å². The molecule has 4 rings (SSSR count). The molecule has 2 aromatic carbocycles. The fourth-order valence-electron chi connectivity index (χ4n) is 3.94. The Hall–Kier alpha value is -2.70. The summed E-state index contributed by atoms with van der Waals surface area (Å²) < 4.78 is 5.38. The highest BCUT2D eigenvalue weighted by atomic mass is 35.5. The number of nitrogens with zero attached hydrogens (tertiary/aromatic N) is 4. The first-order chi connectivity index (χ1) is 15.0. The van der Waals surface area contributed by atoms with E-state index >= 15 is 0 Å². The Morgan fingerprint density at radius 3 is 2.58 bits per heavy atom. The summed E-state index contributed by atoms with van der Waals surface area (Å²) in [4.78, 5) is 21.4. The van der Waals surface area contributed by atoms with E-state index in [9.17, 15) is 4.79 Å². The molecule has 0 unspecified atom stereocenters. The van der Waals surface area contributed by atoms with Gasteiger partial charge in [-0.05, 0) is 44.5 Å². The average Bonchev–Trinajstić information content (AvgIpc) is 3.24. The van der Waals surface area contributed by atoms with E-state index in [1.54, 1.807) is 11.9 Å². The fraction of sp³-hybridized carbons (Fsp3) is 0.375. The Balaban J connectivity index is 1.29. The minimum atomic E-state index is 0.0204. The van der Waals surface area contributed by atoms with Crippen LogP contribution in [0.25, 0.3) is 11.4 Å². The highest BCUT2D eigenvalue weighted by molar-refractivity contribution is 6.31. The van der Waals surface area contributed by atoms with Gasteiger partial charge >= 0.3 is 0 Å². The predicted octanol–water partition coefficient (Wildman–Crippen LogP) is 4.57. The molecule has 0 bridgehead atoms. The standard InChI is InChI=1S/C24H27ClN4O2/c1-17-7-9-18(10-8-17)23-26-22(31-27-23)16-28(2)24(30)19-11-13-29(14-12-19)15-20-5-3-4-6-21(20)25/h3-10,19H,11-16H2,1-2H3. The van der Waals surface area contributed by atoms with Gasteiger partial charge in [0.05, 0.1) is 6.54 Å². The molecule has 1 aromatic heterocycles. The number of rotatable bonds is 6. The lowest BCUT2D eigenvalue weighted by molar-refractivity contribution is -0.136. The number of likely N-dealkylation sites (tertiary alicyclic amines) is 1. The summed E-state index contributed by atoms with van der Waals surface area (Å²) in [6.07, 6.45) is 1.68. The molecule has 1 amide bonds. The number of piperidine rings is 1. The maximum absolute atomic E-state index is 12.9. The third-order valence-corrected chi connectivity index (χ3v) is 6.18. The largest absolute Gasteiger partial charge is 0.337 e. The van der Waals surface area contributed by atoms with Crippen molar-refractivity contribution in [2.24, 2.45) is 5.92 Å². The van der Waals surface area contributed by atoms with Crippen molar-refractivity contribution in [1.29, 1.82) is 0 Å². The van der Waals surface area contributed by atoms with E-state index in [2.05, 4.69) is 21.1 Å². The molecule has 1 saturated heterocycles. The van der Waals surface area contributed by atoms with Gasteiger partial charge in [-0.3, -0.25) is 9.69 Å². The molecule has 2 heterocycles. The number of halogens is 1. The maximum Gasteiger partial charge on any atom is 0.246 e. The first kappa shape index (κ1) is 21.5. The van der Waals surface area contributed by atoms with Crippen LogP contribution in [0, 0.1) is 12.8 Å². The van der Waals surface area contributed by atoms with Gasteiger partial charge in [-0.25, -0.2) is 0 Å². The van der Waals surface area contributed by atoms with Crippen molar-refractivity contribution in [3.05, 3.63) is 70.6 Å². The van der Waals surface area contributed by atoms with Gasteiger partial charge in [0.1, 0.15) is 0 Å². The molecule has 0 spiro atoms. The molecule has 0 atom stereocenters. The lowest BCUT2D eigenvalue weighted by Crippen LogP contribution is -2.40. The lowest BCUT2D eigenvalue weighted by Gasteiger charge is -2.33. The van der Waals surface area contributed by atoms with Gasteiger partial charge in [-0.2, -0.15) is 4.98 Å². The van der Waals surface area contributed by atoms with E-state index in [0.717, 1.165) is 48.6 Å². The smallest absolute Gasteiger partial charge is 0.246 e. The summed E-state index contributed by atoms with van der Waals surface area (Å²) in [5, 5.41) is 4.85. The van der Waals surface area contributed by atoms with Gasteiger partial charge in [-0.15, -0.1) is 0 Å². The van der Waals surface area contributed by atoms with E-state index in [4.69, 9.17) is 16.1 Å². The second-order valence-electron chi connectivity index (χ2n) is 8.21. The van der Waals surface area contributed by atoms with Crippen LogP contribution in [0.3, 0.4) is 0 Å². The Bertz CT molecular complexity index is 1030. The first-order valence-electron chi connectivity index (χ1n) is 10.6. The Morgan fingerprint density at radius 2 is 1.87 bits per heavy atom. The molecule has 0 aliphatic carbocycles. The van der Waals surface area contributed by atoms with Crippen molar-refractivity contribution < 1.29 is 9.32 Å². The Morgan fingerprint density at radius 1 is 1.16 bits per heavy atom. The number of hydrogen-bond acceptors (Lipinski definition) is 5. The van der Waals surface area contributed by atoms with Crippen molar-refractivity contribution >= 4 is 17.5 Å². The topological polar surface area (TPSA) is 62.5 Å². The van der Waals surface area contributed by atoms with Crippen molar-refractivity contribution in [2.45, 2.75) is 32.9 Å². The van der Waals surface area contributed by atoms with Gasteiger partial charge in [0.15, 0.2) is 0 Å². The van der Waals surface area contributed by atoms with Crippen LogP contribution in [0.5, 0.6) is 0 Å². The van der Waals surface area contributed by atoms with Crippen LogP contribution in [0.2, 0.25) is 5.02 Å². The lowest BCUT2D eigenvalue weighted by atomic mass is 9.95. The summed E-state index contributed by atoms with van der Waals surface area (Å²) in [6, 6.07) is 15.9. The van der Waals surface area contributed by atoms with Crippen LogP contribution in [-0.4, -0.2) is 46.0 Å². The quantitative estimate of drug-likeness (QED) is 0.564. The van der Waals surface area contributed by atoms with E-state index in [-0.39, 0.29) is 11.8 Å². The molecular weight excluding hydrogens is 412 g/mol. The van der Waals surface area contributed by atoms with E-state index < -0.39 is 0 Å². The van der Waals surface area contributed by atoms with Gasteiger partial charge in [-0.1, -0.05) is 64.8 Å². The van der Waals surface area contributed by atoms with Crippen LogP contribution in [0.15, 0.2) is 53.1 Å². The number of amides is 1. The predicted molar refractivity (Wildman–Crippen MR) is 120 cm³/mol. The average molecular weight is 439 g/mol. The summed E-state index contributed by atoms with van der Waals surface area (Å²) in [5.74, 6) is 1.14. The molecule has 1 aliphatic rings. The second kappa shape index (κ2) is 9.62. The summed E-state index contributed by atoms with van der Waals surface area (Å²) >= 11 is 6.28. The first-order valence-corrected chi connectivity index (χ1v) is 11.0. The van der Waals surface area contributed by atoms with Crippen LogP contribution >= 0.6 is 11.6 Å². The number of carbonyl (C=O) groups is 1. The van der Waals surface area contributed by atoms with Crippen LogP contribution in [0.1, 0.15) is 29.9 Å². The highest BCUT2D eigenvalue weighted by Crippen LogP contribution is 2.24. The van der Waals surface area contributed by atoms with Crippen molar-refractivity contribution in [2.75, 3.05) is 20.1 Å². The molecule has 1 aliphatic heterocycles. The van der Waals surface area contributed by atoms with E-state index in [0.29, 0.717) is 18.3 Å². The van der Waals surface area contributed by atoms with Crippen molar-refractivity contribution in [3.8, 4) is 11.4 Å². The zero-order chi connectivity index (χ0) is 21.8.